The molecule has 2 aliphatic rings. The zero-order valence-electron chi connectivity index (χ0n) is 11.6. The minimum absolute atomic E-state index is 0.151. The molecule has 0 aliphatic heterocycles. The predicted molar refractivity (Wildman–Crippen MR) is 74.2 cm³/mol. The predicted octanol–water partition coefficient (Wildman–Crippen LogP) is 3.88. The van der Waals surface area contributed by atoms with Gasteiger partial charge < -0.3 is 9.73 Å². The molecule has 19 heavy (non-hydrogen) atoms. The van der Waals surface area contributed by atoms with Crippen molar-refractivity contribution >= 4 is 17.5 Å². The zero-order valence-corrected chi connectivity index (χ0v) is 12.4. The van der Waals surface area contributed by atoms with Crippen molar-refractivity contribution in [2.75, 3.05) is 0 Å². The summed E-state index contributed by atoms with van der Waals surface area (Å²) < 4.78 is 5.17. The Morgan fingerprint density at radius 3 is 2.63 bits per heavy atom. The second-order valence-electron chi connectivity index (χ2n) is 6.74. The van der Waals surface area contributed by atoms with Crippen LogP contribution in [0.4, 0.5) is 0 Å². The van der Waals surface area contributed by atoms with E-state index in [0.717, 1.165) is 6.42 Å². The van der Waals surface area contributed by atoms with Crippen LogP contribution in [0.15, 0.2) is 16.5 Å². The van der Waals surface area contributed by atoms with E-state index in [1.165, 1.54) is 12.8 Å². The molecule has 2 aliphatic carbocycles. The molecule has 1 aromatic heterocycles. The van der Waals surface area contributed by atoms with Crippen LogP contribution < -0.4 is 5.32 Å². The molecule has 3 nitrogen and oxygen atoms in total. The summed E-state index contributed by atoms with van der Waals surface area (Å²) in [6.45, 7) is 6.97. The molecule has 3 atom stereocenters. The highest BCUT2D eigenvalue weighted by atomic mass is 35.5. The fourth-order valence-corrected chi connectivity index (χ4v) is 4.23. The van der Waals surface area contributed by atoms with Gasteiger partial charge in [-0.25, -0.2) is 0 Å². The maximum atomic E-state index is 12.2. The highest BCUT2D eigenvalue weighted by Gasteiger charge is 2.61. The lowest BCUT2D eigenvalue weighted by Crippen LogP contribution is -2.46. The van der Waals surface area contributed by atoms with Crippen LogP contribution in [0, 0.1) is 16.7 Å². The summed E-state index contributed by atoms with van der Waals surface area (Å²) in [4.78, 5) is 12.2. The quantitative estimate of drug-likeness (QED) is 0.894. The fraction of sp³-hybridized carbons (Fsp3) is 0.667. The largest absolute Gasteiger partial charge is 0.440 e. The van der Waals surface area contributed by atoms with Gasteiger partial charge in [-0.2, -0.15) is 0 Å². The van der Waals surface area contributed by atoms with Gasteiger partial charge in [0.2, 0.25) is 0 Å². The molecule has 1 aromatic rings. The average Bonchev–Trinajstić information content (AvgIpc) is 2.91. The van der Waals surface area contributed by atoms with Gasteiger partial charge >= 0.3 is 0 Å². The number of rotatable bonds is 2. The fourth-order valence-electron chi connectivity index (χ4n) is 4.09. The molecule has 3 rings (SSSR count). The Labute approximate surface area is 118 Å². The van der Waals surface area contributed by atoms with Crippen molar-refractivity contribution in [1.82, 2.24) is 5.32 Å². The SMILES string of the molecule is CC1(C)C2CCC1(C)C(NC(=O)c1ccc(Cl)o1)C2. The Bertz CT molecular complexity index is 522. The van der Waals surface area contributed by atoms with Crippen molar-refractivity contribution in [2.24, 2.45) is 16.7 Å². The van der Waals surface area contributed by atoms with E-state index >= 15 is 0 Å². The number of fused-ring (bicyclic) bond motifs is 2. The van der Waals surface area contributed by atoms with E-state index in [2.05, 4.69) is 26.1 Å². The minimum Gasteiger partial charge on any atom is -0.440 e. The summed E-state index contributed by atoms with van der Waals surface area (Å²) in [5.41, 5.74) is 0.482. The lowest BCUT2D eigenvalue weighted by atomic mass is 9.69. The molecule has 0 saturated heterocycles. The van der Waals surface area contributed by atoms with Gasteiger partial charge in [-0.15, -0.1) is 0 Å². The molecular formula is C15H20ClNO2. The van der Waals surface area contributed by atoms with Crippen molar-refractivity contribution < 1.29 is 9.21 Å². The Hall–Kier alpha value is -0.960. The number of halogens is 1. The highest BCUT2D eigenvalue weighted by Crippen LogP contribution is 2.65. The normalized spacial score (nSPS) is 35.6. The van der Waals surface area contributed by atoms with Gasteiger partial charge in [0.15, 0.2) is 11.0 Å². The zero-order chi connectivity index (χ0) is 13.8. The third kappa shape index (κ3) is 1.74. The van der Waals surface area contributed by atoms with Crippen molar-refractivity contribution in [3.05, 3.63) is 23.1 Å². The van der Waals surface area contributed by atoms with Crippen molar-refractivity contribution in [2.45, 2.75) is 46.1 Å². The van der Waals surface area contributed by atoms with Crippen LogP contribution in [0.1, 0.15) is 50.6 Å². The van der Waals surface area contributed by atoms with Crippen molar-refractivity contribution in [1.29, 1.82) is 0 Å². The molecule has 0 spiro atoms. The number of carbonyl (C=O) groups is 1. The number of furan rings is 1. The first-order valence-corrected chi connectivity index (χ1v) is 7.28. The van der Waals surface area contributed by atoms with Crippen LogP contribution in [-0.4, -0.2) is 11.9 Å². The summed E-state index contributed by atoms with van der Waals surface area (Å²) in [6, 6.07) is 3.46. The van der Waals surface area contributed by atoms with E-state index in [1.54, 1.807) is 12.1 Å². The topological polar surface area (TPSA) is 42.2 Å². The van der Waals surface area contributed by atoms with Crippen LogP contribution >= 0.6 is 11.6 Å². The van der Waals surface area contributed by atoms with Gasteiger partial charge in [0.1, 0.15) is 0 Å². The molecule has 0 aromatic carbocycles. The molecule has 1 heterocycles. The van der Waals surface area contributed by atoms with Gasteiger partial charge in [-0.3, -0.25) is 4.79 Å². The Kier molecular flexibility index (Phi) is 2.76. The number of amides is 1. The van der Waals surface area contributed by atoms with Gasteiger partial charge in [0.05, 0.1) is 0 Å². The van der Waals surface area contributed by atoms with Crippen LogP contribution in [0.3, 0.4) is 0 Å². The van der Waals surface area contributed by atoms with Gasteiger partial charge in [-0.1, -0.05) is 20.8 Å². The van der Waals surface area contributed by atoms with Crippen molar-refractivity contribution in [3.8, 4) is 0 Å². The third-order valence-corrected chi connectivity index (χ3v) is 6.10. The molecule has 1 amide bonds. The van der Waals surface area contributed by atoms with E-state index in [4.69, 9.17) is 16.0 Å². The lowest BCUT2D eigenvalue weighted by Gasteiger charge is -2.39. The van der Waals surface area contributed by atoms with E-state index in [0.29, 0.717) is 17.1 Å². The molecule has 0 radical (unpaired) electrons. The standard InChI is InChI=1S/C15H20ClNO2/c1-14(2)9-6-7-15(14,3)11(8-9)17-13(18)10-4-5-12(16)19-10/h4-5,9,11H,6-8H2,1-3H3,(H,17,18). The molecule has 104 valence electrons. The maximum absolute atomic E-state index is 12.2. The summed E-state index contributed by atoms with van der Waals surface area (Å²) in [7, 11) is 0. The van der Waals surface area contributed by atoms with E-state index in [9.17, 15) is 4.79 Å². The molecule has 4 heteroatoms. The van der Waals surface area contributed by atoms with Crippen LogP contribution in [0.5, 0.6) is 0 Å². The van der Waals surface area contributed by atoms with Gasteiger partial charge in [0.25, 0.3) is 5.91 Å². The first-order valence-electron chi connectivity index (χ1n) is 6.91. The number of nitrogens with one attached hydrogen (secondary N) is 1. The van der Waals surface area contributed by atoms with Crippen molar-refractivity contribution in [3.63, 3.8) is 0 Å². The van der Waals surface area contributed by atoms with Gasteiger partial charge in [0, 0.05) is 6.04 Å². The molecule has 2 fully saturated rings. The van der Waals surface area contributed by atoms with Gasteiger partial charge in [-0.05, 0) is 59.7 Å². The van der Waals surface area contributed by atoms with E-state index < -0.39 is 0 Å². The second-order valence-corrected chi connectivity index (χ2v) is 7.11. The molecule has 2 saturated carbocycles. The molecule has 3 unspecified atom stereocenters. The summed E-state index contributed by atoms with van der Waals surface area (Å²) >= 11 is 5.71. The lowest BCUT2D eigenvalue weighted by molar-refractivity contribution is 0.0801. The number of hydrogen-bond acceptors (Lipinski definition) is 2. The summed E-state index contributed by atoms with van der Waals surface area (Å²) in [5.74, 6) is 0.860. The Balaban J connectivity index is 1.77. The van der Waals surface area contributed by atoms with Crippen LogP contribution in [0.2, 0.25) is 5.22 Å². The molecular weight excluding hydrogens is 262 g/mol. The minimum atomic E-state index is -0.151. The first-order chi connectivity index (χ1) is 8.84. The average molecular weight is 282 g/mol. The summed E-state index contributed by atoms with van der Waals surface area (Å²) in [5, 5.41) is 3.40. The third-order valence-electron chi connectivity index (χ3n) is 5.90. The van der Waals surface area contributed by atoms with Crippen LogP contribution in [0.25, 0.3) is 0 Å². The number of hydrogen-bond donors (Lipinski definition) is 1. The number of carbonyl (C=O) groups excluding carboxylic acids is 1. The summed E-state index contributed by atoms with van der Waals surface area (Å²) in [6.07, 6.45) is 3.54. The first kappa shape index (κ1) is 13.0. The van der Waals surface area contributed by atoms with Crippen LogP contribution in [-0.2, 0) is 0 Å². The molecule has 2 bridgehead atoms. The second kappa shape index (κ2) is 4.02. The Morgan fingerprint density at radius 1 is 1.42 bits per heavy atom. The highest BCUT2D eigenvalue weighted by molar-refractivity contribution is 6.29. The smallest absolute Gasteiger partial charge is 0.287 e. The van der Waals surface area contributed by atoms with E-state index in [1.807, 2.05) is 0 Å². The monoisotopic (exact) mass is 281 g/mol. The van der Waals surface area contributed by atoms with E-state index in [-0.39, 0.29) is 22.6 Å². The molecule has 1 N–H and O–H groups in total. The maximum Gasteiger partial charge on any atom is 0.287 e. The Morgan fingerprint density at radius 2 is 2.16 bits per heavy atom.